The lowest BCUT2D eigenvalue weighted by atomic mass is 9.88. The second kappa shape index (κ2) is 4.44. The van der Waals surface area contributed by atoms with Crippen LogP contribution < -0.4 is 0 Å². The summed E-state index contributed by atoms with van der Waals surface area (Å²) in [4.78, 5) is 10.4. The molecule has 0 bridgehead atoms. The van der Waals surface area contributed by atoms with Crippen molar-refractivity contribution in [2.45, 2.75) is 33.1 Å². The number of carbonyl (C=O) groups is 1. The molecule has 1 rings (SSSR count). The van der Waals surface area contributed by atoms with Gasteiger partial charge < -0.3 is 4.79 Å². The van der Waals surface area contributed by atoms with Crippen molar-refractivity contribution in [1.82, 2.24) is 0 Å². The van der Waals surface area contributed by atoms with Crippen LogP contribution in [0.2, 0.25) is 0 Å². The van der Waals surface area contributed by atoms with Gasteiger partial charge in [0.15, 0.2) is 0 Å². The first-order valence-corrected chi connectivity index (χ1v) is 4.86. The first-order chi connectivity index (χ1) is 5.79. The highest BCUT2D eigenvalue weighted by atomic mass is 16.1. The SMILES string of the molecule is C/C=C\[C@@H]1[C@H](CC=O)CC[C@H]1C. The fraction of sp³-hybridized carbons (Fsp3) is 0.727. The molecule has 0 unspecified atom stereocenters. The Balaban J connectivity index is 2.56. The lowest BCUT2D eigenvalue weighted by Gasteiger charge is -2.16. The van der Waals surface area contributed by atoms with Gasteiger partial charge in [0.1, 0.15) is 6.29 Å². The molecule has 1 saturated carbocycles. The van der Waals surface area contributed by atoms with Crippen molar-refractivity contribution in [2.75, 3.05) is 0 Å². The summed E-state index contributed by atoms with van der Waals surface area (Å²) in [6.45, 7) is 4.35. The number of rotatable bonds is 3. The molecule has 0 aromatic rings. The molecule has 1 fully saturated rings. The van der Waals surface area contributed by atoms with Gasteiger partial charge in [-0.3, -0.25) is 0 Å². The number of carbonyl (C=O) groups excluding carboxylic acids is 1. The predicted molar refractivity (Wildman–Crippen MR) is 50.9 cm³/mol. The third kappa shape index (κ3) is 1.96. The van der Waals surface area contributed by atoms with Crippen molar-refractivity contribution in [1.29, 1.82) is 0 Å². The van der Waals surface area contributed by atoms with Gasteiger partial charge in [-0.2, -0.15) is 0 Å². The maximum absolute atomic E-state index is 10.4. The Labute approximate surface area is 74.9 Å². The largest absolute Gasteiger partial charge is 0.303 e. The first kappa shape index (κ1) is 9.50. The molecule has 0 aromatic carbocycles. The van der Waals surface area contributed by atoms with E-state index < -0.39 is 0 Å². The molecule has 0 aliphatic heterocycles. The number of aldehydes is 1. The van der Waals surface area contributed by atoms with Gasteiger partial charge in [-0.25, -0.2) is 0 Å². The van der Waals surface area contributed by atoms with E-state index in [9.17, 15) is 4.79 Å². The summed E-state index contributed by atoms with van der Waals surface area (Å²) in [5.41, 5.74) is 0. The third-order valence-electron chi connectivity index (χ3n) is 3.01. The molecule has 0 N–H and O–H groups in total. The average molecular weight is 166 g/mol. The molecule has 12 heavy (non-hydrogen) atoms. The van der Waals surface area contributed by atoms with Gasteiger partial charge >= 0.3 is 0 Å². The molecule has 3 atom stereocenters. The fourth-order valence-corrected chi connectivity index (χ4v) is 2.29. The van der Waals surface area contributed by atoms with Crippen molar-refractivity contribution < 1.29 is 4.79 Å². The average Bonchev–Trinajstić information content (AvgIpc) is 2.37. The van der Waals surface area contributed by atoms with Gasteiger partial charge in [-0.1, -0.05) is 19.1 Å². The van der Waals surface area contributed by atoms with E-state index in [1.165, 1.54) is 12.8 Å². The van der Waals surface area contributed by atoms with E-state index in [2.05, 4.69) is 26.0 Å². The lowest BCUT2D eigenvalue weighted by molar-refractivity contribution is -0.108. The Morgan fingerprint density at radius 3 is 2.75 bits per heavy atom. The maximum atomic E-state index is 10.4. The highest BCUT2D eigenvalue weighted by molar-refractivity contribution is 5.50. The highest BCUT2D eigenvalue weighted by Crippen LogP contribution is 2.39. The van der Waals surface area contributed by atoms with Crippen molar-refractivity contribution in [3.8, 4) is 0 Å². The van der Waals surface area contributed by atoms with Gasteiger partial charge in [0.2, 0.25) is 0 Å². The Hall–Kier alpha value is -0.590. The van der Waals surface area contributed by atoms with E-state index in [0.717, 1.165) is 18.6 Å². The summed E-state index contributed by atoms with van der Waals surface area (Å²) in [6.07, 6.45) is 8.72. The third-order valence-corrected chi connectivity index (χ3v) is 3.01. The summed E-state index contributed by atoms with van der Waals surface area (Å²) in [5.74, 6) is 2.04. The van der Waals surface area contributed by atoms with Crippen LogP contribution in [-0.2, 0) is 4.79 Å². The van der Waals surface area contributed by atoms with Crippen LogP contribution in [0.5, 0.6) is 0 Å². The standard InChI is InChI=1S/C11H18O/c1-3-4-11-9(2)5-6-10(11)7-8-12/h3-4,8-11H,5-7H2,1-2H3/b4-3-/t9-,10+,11+/m1/s1. The molecule has 0 heterocycles. The summed E-state index contributed by atoms with van der Waals surface area (Å²) in [7, 11) is 0. The number of allylic oxidation sites excluding steroid dienone is 2. The van der Waals surface area contributed by atoms with Crippen molar-refractivity contribution in [3.05, 3.63) is 12.2 Å². The van der Waals surface area contributed by atoms with E-state index in [-0.39, 0.29) is 0 Å². The monoisotopic (exact) mass is 166 g/mol. The van der Waals surface area contributed by atoms with Crippen LogP contribution >= 0.6 is 0 Å². The minimum Gasteiger partial charge on any atom is -0.303 e. The van der Waals surface area contributed by atoms with Crippen LogP contribution in [0.15, 0.2) is 12.2 Å². The van der Waals surface area contributed by atoms with Crippen molar-refractivity contribution >= 4 is 6.29 Å². The topological polar surface area (TPSA) is 17.1 Å². The highest BCUT2D eigenvalue weighted by Gasteiger charge is 2.30. The normalized spacial score (nSPS) is 36.0. The van der Waals surface area contributed by atoms with Crippen LogP contribution in [0.1, 0.15) is 33.1 Å². The van der Waals surface area contributed by atoms with Gasteiger partial charge in [0.25, 0.3) is 0 Å². The molecule has 1 heteroatoms. The summed E-state index contributed by atoms with van der Waals surface area (Å²) in [6, 6.07) is 0. The van der Waals surface area contributed by atoms with E-state index >= 15 is 0 Å². The zero-order valence-electron chi connectivity index (χ0n) is 7.99. The Kier molecular flexibility index (Phi) is 3.51. The van der Waals surface area contributed by atoms with Crippen LogP contribution in [0.3, 0.4) is 0 Å². The zero-order chi connectivity index (χ0) is 8.97. The van der Waals surface area contributed by atoms with Crippen LogP contribution in [0.25, 0.3) is 0 Å². The van der Waals surface area contributed by atoms with Crippen LogP contribution in [0, 0.1) is 17.8 Å². The molecular weight excluding hydrogens is 148 g/mol. The summed E-state index contributed by atoms with van der Waals surface area (Å²) in [5, 5.41) is 0. The fourth-order valence-electron chi connectivity index (χ4n) is 2.29. The molecule has 1 nitrogen and oxygen atoms in total. The summed E-state index contributed by atoms with van der Waals surface area (Å²) < 4.78 is 0. The van der Waals surface area contributed by atoms with Gasteiger partial charge in [-0.05, 0) is 37.5 Å². The first-order valence-electron chi connectivity index (χ1n) is 4.86. The van der Waals surface area contributed by atoms with E-state index in [1.54, 1.807) is 0 Å². The second-order valence-corrected chi connectivity index (χ2v) is 3.82. The molecular formula is C11H18O. The molecule has 0 radical (unpaired) electrons. The van der Waals surface area contributed by atoms with Crippen molar-refractivity contribution in [2.24, 2.45) is 17.8 Å². The molecule has 0 aromatic heterocycles. The van der Waals surface area contributed by atoms with E-state index in [1.807, 2.05) is 0 Å². The van der Waals surface area contributed by atoms with Crippen LogP contribution in [0.4, 0.5) is 0 Å². The number of hydrogen-bond donors (Lipinski definition) is 0. The van der Waals surface area contributed by atoms with Crippen molar-refractivity contribution in [3.63, 3.8) is 0 Å². The molecule has 0 spiro atoms. The number of hydrogen-bond acceptors (Lipinski definition) is 1. The minimum absolute atomic E-state index is 0.619. The van der Waals surface area contributed by atoms with Gasteiger partial charge in [-0.15, -0.1) is 0 Å². The molecule has 0 saturated heterocycles. The Morgan fingerprint density at radius 2 is 2.17 bits per heavy atom. The predicted octanol–water partition coefficient (Wildman–Crippen LogP) is 2.81. The Bertz CT molecular complexity index is 172. The molecule has 1 aliphatic carbocycles. The quantitative estimate of drug-likeness (QED) is 0.465. The van der Waals surface area contributed by atoms with Gasteiger partial charge in [0.05, 0.1) is 0 Å². The van der Waals surface area contributed by atoms with E-state index in [0.29, 0.717) is 11.8 Å². The lowest BCUT2D eigenvalue weighted by Crippen LogP contribution is -2.10. The zero-order valence-corrected chi connectivity index (χ0v) is 7.99. The molecule has 68 valence electrons. The maximum Gasteiger partial charge on any atom is 0.120 e. The molecule has 1 aliphatic rings. The van der Waals surface area contributed by atoms with E-state index in [4.69, 9.17) is 0 Å². The smallest absolute Gasteiger partial charge is 0.120 e. The Morgan fingerprint density at radius 1 is 1.42 bits per heavy atom. The second-order valence-electron chi connectivity index (χ2n) is 3.82. The minimum atomic E-state index is 0.619. The summed E-state index contributed by atoms with van der Waals surface area (Å²) >= 11 is 0. The van der Waals surface area contributed by atoms with Crippen LogP contribution in [-0.4, -0.2) is 6.29 Å². The molecule has 0 amide bonds. The van der Waals surface area contributed by atoms with Gasteiger partial charge in [0, 0.05) is 6.42 Å².